The summed E-state index contributed by atoms with van der Waals surface area (Å²) in [5.74, 6) is -0.549. The fourth-order valence-electron chi connectivity index (χ4n) is 4.10. The first-order valence-corrected chi connectivity index (χ1v) is 13.3. The van der Waals surface area contributed by atoms with Crippen LogP contribution in [0.2, 0.25) is 0 Å². The van der Waals surface area contributed by atoms with Crippen molar-refractivity contribution in [1.29, 1.82) is 0 Å². The molecule has 0 saturated carbocycles. The first-order chi connectivity index (χ1) is 16.6. The van der Waals surface area contributed by atoms with E-state index >= 15 is 0 Å². The Balaban J connectivity index is 3.25. The lowest BCUT2D eigenvalue weighted by Gasteiger charge is -2.34. The standard InChI is InChI=1S/C29H49N3O4/c1-10-11-12-13-14-15-16-32(24(33)20-30-27(35)36-29(7,8)9)25(26(34)31-28(4,5)6)23-18-21(2)17-22(3)19-23/h17-19,25H,10-16,20H2,1-9H3,(H,30,35)(H,31,34). The molecule has 0 spiro atoms. The van der Waals surface area contributed by atoms with Crippen molar-refractivity contribution in [2.24, 2.45) is 0 Å². The van der Waals surface area contributed by atoms with E-state index in [1.807, 2.05) is 52.8 Å². The van der Waals surface area contributed by atoms with Gasteiger partial charge >= 0.3 is 6.09 Å². The van der Waals surface area contributed by atoms with Gasteiger partial charge in [-0.1, -0.05) is 68.4 Å². The Bertz CT molecular complexity index is 848. The Morgan fingerprint density at radius 3 is 1.97 bits per heavy atom. The second kappa shape index (κ2) is 14.2. The van der Waals surface area contributed by atoms with Crippen molar-refractivity contribution in [3.63, 3.8) is 0 Å². The highest BCUT2D eigenvalue weighted by atomic mass is 16.6. The maximum absolute atomic E-state index is 13.6. The molecular weight excluding hydrogens is 454 g/mol. The van der Waals surface area contributed by atoms with Gasteiger partial charge in [0.05, 0.1) is 0 Å². The van der Waals surface area contributed by atoms with Crippen molar-refractivity contribution < 1.29 is 19.1 Å². The summed E-state index contributed by atoms with van der Waals surface area (Å²) in [6, 6.07) is 5.17. The topological polar surface area (TPSA) is 87.7 Å². The van der Waals surface area contributed by atoms with E-state index in [9.17, 15) is 14.4 Å². The number of ether oxygens (including phenoxy) is 1. The van der Waals surface area contributed by atoms with Crippen LogP contribution in [0.1, 0.15) is 110 Å². The molecule has 0 aliphatic rings. The van der Waals surface area contributed by atoms with E-state index in [0.717, 1.165) is 42.4 Å². The van der Waals surface area contributed by atoms with Gasteiger partial charge in [-0.2, -0.15) is 0 Å². The number of alkyl carbamates (subject to hydrolysis) is 1. The minimum absolute atomic E-state index is 0.232. The van der Waals surface area contributed by atoms with Crippen LogP contribution in [0, 0.1) is 13.8 Å². The van der Waals surface area contributed by atoms with E-state index in [-0.39, 0.29) is 18.4 Å². The molecule has 204 valence electrons. The smallest absolute Gasteiger partial charge is 0.408 e. The third-order valence-corrected chi connectivity index (χ3v) is 5.47. The predicted octanol–water partition coefficient (Wildman–Crippen LogP) is 5.97. The fourth-order valence-corrected chi connectivity index (χ4v) is 4.10. The molecule has 0 fully saturated rings. The number of hydrogen-bond acceptors (Lipinski definition) is 4. The second-order valence-corrected chi connectivity index (χ2v) is 11.8. The van der Waals surface area contributed by atoms with Crippen LogP contribution in [0.4, 0.5) is 4.79 Å². The van der Waals surface area contributed by atoms with E-state index < -0.39 is 23.3 Å². The molecule has 1 aromatic rings. The van der Waals surface area contributed by atoms with Crippen LogP contribution in [0.5, 0.6) is 0 Å². The normalized spacial score (nSPS) is 12.6. The molecule has 0 aliphatic carbocycles. The molecule has 1 rings (SSSR count). The molecule has 0 radical (unpaired) electrons. The molecule has 7 heteroatoms. The summed E-state index contributed by atoms with van der Waals surface area (Å²) in [5, 5.41) is 5.63. The van der Waals surface area contributed by atoms with Gasteiger partial charge in [0.1, 0.15) is 18.2 Å². The fraction of sp³-hybridized carbons (Fsp3) is 0.690. The maximum atomic E-state index is 13.6. The lowest BCUT2D eigenvalue weighted by molar-refractivity contribution is -0.141. The molecule has 1 aromatic carbocycles. The highest BCUT2D eigenvalue weighted by Gasteiger charge is 2.33. The van der Waals surface area contributed by atoms with Crippen molar-refractivity contribution >= 4 is 17.9 Å². The number of nitrogens with one attached hydrogen (secondary N) is 2. The van der Waals surface area contributed by atoms with Crippen LogP contribution in [-0.2, 0) is 14.3 Å². The van der Waals surface area contributed by atoms with E-state index in [1.54, 1.807) is 25.7 Å². The molecular formula is C29H49N3O4. The molecule has 1 unspecified atom stereocenters. The summed E-state index contributed by atoms with van der Waals surface area (Å²) in [5.41, 5.74) is 1.69. The van der Waals surface area contributed by atoms with Crippen LogP contribution in [0.15, 0.2) is 18.2 Å². The predicted molar refractivity (Wildman–Crippen MR) is 146 cm³/mol. The summed E-state index contributed by atoms with van der Waals surface area (Å²) < 4.78 is 5.29. The number of aryl methyl sites for hydroxylation is 2. The molecule has 3 amide bonds. The van der Waals surface area contributed by atoms with Crippen molar-refractivity contribution in [2.75, 3.05) is 13.1 Å². The summed E-state index contributed by atoms with van der Waals surface area (Å²) in [7, 11) is 0. The number of benzene rings is 1. The molecule has 0 aromatic heterocycles. The third-order valence-electron chi connectivity index (χ3n) is 5.47. The lowest BCUT2D eigenvalue weighted by Crippen LogP contribution is -2.51. The average Bonchev–Trinajstić information content (AvgIpc) is 2.70. The van der Waals surface area contributed by atoms with Gasteiger partial charge in [0, 0.05) is 12.1 Å². The minimum Gasteiger partial charge on any atom is -0.444 e. The number of rotatable bonds is 12. The van der Waals surface area contributed by atoms with Crippen molar-refractivity contribution in [3.05, 3.63) is 34.9 Å². The van der Waals surface area contributed by atoms with E-state index in [4.69, 9.17) is 4.74 Å². The third kappa shape index (κ3) is 12.4. The second-order valence-electron chi connectivity index (χ2n) is 11.8. The van der Waals surface area contributed by atoms with Crippen LogP contribution in [-0.4, -0.2) is 47.0 Å². The quantitative estimate of drug-likeness (QED) is 0.344. The van der Waals surface area contributed by atoms with Gasteiger partial charge in [-0.3, -0.25) is 9.59 Å². The highest BCUT2D eigenvalue weighted by Crippen LogP contribution is 2.26. The van der Waals surface area contributed by atoms with Crippen molar-refractivity contribution in [3.8, 4) is 0 Å². The van der Waals surface area contributed by atoms with Crippen molar-refractivity contribution in [2.45, 2.75) is 118 Å². The Hall–Kier alpha value is -2.57. The Morgan fingerprint density at radius 1 is 0.889 bits per heavy atom. The Kier molecular flexibility index (Phi) is 12.4. The van der Waals surface area contributed by atoms with Gasteiger partial charge in [0.25, 0.3) is 0 Å². The van der Waals surface area contributed by atoms with Crippen LogP contribution in [0.25, 0.3) is 0 Å². The summed E-state index contributed by atoms with van der Waals surface area (Å²) >= 11 is 0. The van der Waals surface area contributed by atoms with Gasteiger partial charge in [-0.05, 0) is 67.4 Å². The van der Waals surface area contributed by atoms with Gasteiger partial charge in [0.2, 0.25) is 11.8 Å². The Morgan fingerprint density at radius 2 is 1.44 bits per heavy atom. The molecule has 0 bridgehead atoms. The Labute approximate surface area is 218 Å². The average molecular weight is 504 g/mol. The first kappa shape index (κ1) is 31.5. The van der Waals surface area contributed by atoms with Gasteiger partial charge in [-0.15, -0.1) is 0 Å². The number of unbranched alkanes of at least 4 members (excludes halogenated alkanes) is 5. The molecule has 0 heterocycles. The maximum Gasteiger partial charge on any atom is 0.408 e. The van der Waals surface area contributed by atoms with Crippen LogP contribution >= 0.6 is 0 Å². The van der Waals surface area contributed by atoms with Crippen LogP contribution in [0.3, 0.4) is 0 Å². The molecule has 36 heavy (non-hydrogen) atoms. The SMILES string of the molecule is CCCCCCCCN(C(=O)CNC(=O)OC(C)(C)C)C(C(=O)NC(C)(C)C)c1cc(C)cc(C)c1. The lowest BCUT2D eigenvalue weighted by atomic mass is 9.97. The van der Waals surface area contributed by atoms with Gasteiger partial charge in [0.15, 0.2) is 0 Å². The van der Waals surface area contributed by atoms with E-state index in [0.29, 0.717) is 6.54 Å². The first-order valence-electron chi connectivity index (χ1n) is 13.3. The molecule has 7 nitrogen and oxygen atoms in total. The molecule has 1 atom stereocenters. The van der Waals surface area contributed by atoms with Crippen molar-refractivity contribution in [1.82, 2.24) is 15.5 Å². The minimum atomic E-state index is -0.800. The number of carbonyl (C=O) groups excluding carboxylic acids is 3. The zero-order valence-corrected chi connectivity index (χ0v) is 24.0. The van der Waals surface area contributed by atoms with Gasteiger partial charge in [-0.25, -0.2) is 4.79 Å². The number of nitrogens with zero attached hydrogens (tertiary/aromatic N) is 1. The molecule has 0 aliphatic heterocycles. The zero-order chi connectivity index (χ0) is 27.5. The van der Waals surface area contributed by atoms with E-state index in [2.05, 4.69) is 17.6 Å². The number of amides is 3. The van der Waals surface area contributed by atoms with Crippen LogP contribution < -0.4 is 10.6 Å². The van der Waals surface area contributed by atoms with Gasteiger partial charge < -0.3 is 20.3 Å². The summed E-state index contributed by atoms with van der Waals surface area (Å²) in [6.07, 6.45) is 5.72. The summed E-state index contributed by atoms with van der Waals surface area (Å²) in [6.45, 7) is 17.4. The zero-order valence-electron chi connectivity index (χ0n) is 24.0. The largest absolute Gasteiger partial charge is 0.444 e. The number of hydrogen-bond donors (Lipinski definition) is 2. The molecule has 2 N–H and O–H groups in total. The van der Waals surface area contributed by atoms with E-state index in [1.165, 1.54) is 12.8 Å². The number of carbonyl (C=O) groups is 3. The monoisotopic (exact) mass is 503 g/mol. The summed E-state index contributed by atoms with van der Waals surface area (Å²) in [4.78, 5) is 41.0. The molecule has 0 saturated heterocycles. The highest BCUT2D eigenvalue weighted by molar-refractivity contribution is 5.90.